The van der Waals surface area contributed by atoms with Gasteiger partial charge in [-0.2, -0.15) is 12.6 Å². The van der Waals surface area contributed by atoms with Gasteiger partial charge in [-0.1, -0.05) is 118 Å². The summed E-state index contributed by atoms with van der Waals surface area (Å²) in [5.41, 5.74) is 0.211. The fourth-order valence-corrected chi connectivity index (χ4v) is 3.90. The number of unbranched alkanes of at least 4 members (excludes halogenated alkanes) is 13. The molecule has 0 aromatic heterocycles. The third-order valence-electron chi connectivity index (χ3n) is 5.49. The zero-order chi connectivity index (χ0) is 21.6. The highest BCUT2D eigenvalue weighted by molar-refractivity contribution is 7.80. The average molecular weight is 431 g/mol. The fourth-order valence-electron chi connectivity index (χ4n) is 3.68. The summed E-state index contributed by atoms with van der Waals surface area (Å²) in [5, 5.41) is 0. The smallest absolute Gasteiger partial charge is 0.147 e. The van der Waals surface area contributed by atoms with Crippen molar-refractivity contribution in [3.63, 3.8) is 0 Å². The first kappa shape index (κ1) is 29.3. The van der Waals surface area contributed by atoms with Gasteiger partial charge in [0.25, 0.3) is 0 Å². The van der Waals surface area contributed by atoms with Crippen LogP contribution in [0.5, 0.6) is 0 Å². The van der Waals surface area contributed by atoms with Gasteiger partial charge in [-0.05, 0) is 30.4 Å². The molecular formula is C26H54O2S. The molecule has 0 radical (unpaired) electrons. The molecule has 0 heterocycles. The Kier molecular flexibility index (Phi) is 21.7. The van der Waals surface area contributed by atoms with Crippen molar-refractivity contribution in [2.75, 3.05) is 19.2 Å². The van der Waals surface area contributed by atoms with E-state index in [4.69, 9.17) is 9.47 Å². The van der Waals surface area contributed by atoms with Gasteiger partial charge in [0.1, 0.15) is 6.79 Å². The lowest BCUT2D eigenvalue weighted by atomic mass is 9.99. The van der Waals surface area contributed by atoms with Gasteiger partial charge in [-0.15, -0.1) is 0 Å². The molecule has 1 unspecified atom stereocenters. The SMILES string of the molecule is CCCCCCCCCCCCC(CCCCCCCS)OCOCC(C)(C)C. The van der Waals surface area contributed by atoms with Crippen molar-refractivity contribution in [1.82, 2.24) is 0 Å². The van der Waals surface area contributed by atoms with E-state index in [1.807, 2.05) is 0 Å². The molecule has 0 bridgehead atoms. The molecule has 0 amide bonds. The summed E-state index contributed by atoms with van der Waals surface area (Å²) in [5.74, 6) is 1.02. The van der Waals surface area contributed by atoms with Crippen molar-refractivity contribution in [2.24, 2.45) is 5.41 Å². The zero-order valence-corrected chi connectivity index (χ0v) is 21.4. The highest BCUT2D eigenvalue weighted by Crippen LogP contribution is 2.18. The molecule has 0 aliphatic heterocycles. The Labute approximate surface area is 189 Å². The second kappa shape index (κ2) is 21.5. The van der Waals surface area contributed by atoms with Crippen LogP contribution >= 0.6 is 12.6 Å². The molecule has 0 spiro atoms. The first-order valence-corrected chi connectivity index (χ1v) is 13.4. The summed E-state index contributed by atoms with van der Waals surface area (Å²) in [6, 6.07) is 0. The molecule has 176 valence electrons. The predicted molar refractivity (Wildman–Crippen MR) is 133 cm³/mol. The molecular weight excluding hydrogens is 376 g/mol. The lowest BCUT2D eigenvalue weighted by molar-refractivity contribution is -0.109. The van der Waals surface area contributed by atoms with Crippen LogP contribution in [-0.2, 0) is 9.47 Å². The van der Waals surface area contributed by atoms with E-state index in [0.717, 1.165) is 12.4 Å². The summed E-state index contributed by atoms with van der Waals surface area (Å²) < 4.78 is 11.9. The summed E-state index contributed by atoms with van der Waals surface area (Å²) in [6.07, 6.45) is 23.3. The topological polar surface area (TPSA) is 18.5 Å². The van der Waals surface area contributed by atoms with E-state index in [-0.39, 0.29) is 5.41 Å². The first-order chi connectivity index (χ1) is 14.0. The fraction of sp³-hybridized carbons (Fsp3) is 1.00. The second-order valence-corrected chi connectivity index (χ2v) is 10.5. The van der Waals surface area contributed by atoms with Crippen LogP contribution < -0.4 is 0 Å². The molecule has 0 rings (SSSR count). The van der Waals surface area contributed by atoms with Gasteiger partial charge < -0.3 is 9.47 Å². The summed E-state index contributed by atoms with van der Waals surface area (Å²) in [4.78, 5) is 0. The number of thiol groups is 1. The zero-order valence-electron chi connectivity index (χ0n) is 20.5. The van der Waals surface area contributed by atoms with Crippen molar-refractivity contribution in [1.29, 1.82) is 0 Å². The Balaban J connectivity index is 3.83. The Hall–Kier alpha value is 0.270. The maximum Gasteiger partial charge on any atom is 0.147 e. The van der Waals surface area contributed by atoms with E-state index in [9.17, 15) is 0 Å². The van der Waals surface area contributed by atoms with Crippen LogP contribution in [-0.4, -0.2) is 25.3 Å². The van der Waals surface area contributed by atoms with E-state index in [2.05, 4.69) is 40.3 Å². The maximum atomic E-state index is 6.11. The van der Waals surface area contributed by atoms with E-state index in [1.165, 1.54) is 109 Å². The molecule has 1 atom stereocenters. The van der Waals surface area contributed by atoms with Crippen LogP contribution in [0.2, 0.25) is 0 Å². The van der Waals surface area contributed by atoms with E-state index >= 15 is 0 Å². The normalized spacial score (nSPS) is 13.1. The van der Waals surface area contributed by atoms with Crippen molar-refractivity contribution >= 4 is 12.6 Å². The quantitative estimate of drug-likeness (QED) is 0.105. The molecule has 0 aromatic rings. The van der Waals surface area contributed by atoms with Crippen LogP contribution in [0.15, 0.2) is 0 Å². The summed E-state index contributed by atoms with van der Waals surface area (Å²) in [7, 11) is 0. The van der Waals surface area contributed by atoms with Crippen LogP contribution in [0.4, 0.5) is 0 Å². The molecule has 3 heteroatoms. The van der Waals surface area contributed by atoms with E-state index in [1.54, 1.807) is 0 Å². The second-order valence-electron chi connectivity index (χ2n) is 10.1. The molecule has 29 heavy (non-hydrogen) atoms. The summed E-state index contributed by atoms with van der Waals surface area (Å²) >= 11 is 4.30. The number of ether oxygens (including phenoxy) is 2. The summed E-state index contributed by atoms with van der Waals surface area (Å²) in [6.45, 7) is 10.1. The Morgan fingerprint density at radius 2 is 1.10 bits per heavy atom. The minimum atomic E-state index is 0.211. The first-order valence-electron chi connectivity index (χ1n) is 12.8. The molecule has 0 N–H and O–H groups in total. The number of hydrogen-bond donors (Lipinski definition) is 1. The molecule has 0 saturated heterocycles. The van der Waals surface area contributed by atoms with E-state index in [0.29, 0.717) is 12.9 Å². The standard InChI is InChI=1S/C26H54O2S/c1-5-6-7-8-9-10-11-12-14-17-20-25(21-18-15-13-16-19-22-29)28-24-27-23-26(2,3)4/h25,29H,5-24H2,1-4H3. The predicted octanol–water partition coefficient (Wildman–Crippen LogP) is 8.97. The average Bonchev–Trinajstić information content (AvgIpc) is 2.67. The number of hydrogen-bond acceptors (Lipinski definition) is 3. The Bertz CT molecular complexity index is 314. The van der Waals surface area contributed by atoms with Gasteiger partial charge in [0.05, 0.1) is 12.7 Å². The maximum absolute atomic E-state index is 6.11. The third-order valence-corrected chi connectivity index (χ3v) is 5.80. The highest BCUT2D eigenvalue weighted by Gasteiger charge is 2.12. The lowest BCUT2D eigenvalue weighted by Crippen LogP contribution is -2.20. The molecule has 0 aliphatic carbocycles. The minimum absolute atomic E-state index is 0.211. The molecule has 0 fully saturated rings. The largest absolute Gasteiger partial charge is 0.355 e. The third kappa shape index (κ3) is 24.4. The highest BCUT2D eigenvalue weighted by atomic mass is 32.1. The van der Waals surface area contributed by atoms with Gasteiger partial charge in [-0.3, -0.25) is 0 Å². The Morgan fingerprint density at radius 3 is 1.55 bits per heavy atom. The van der Waals surface area contributed by atoms with Crippen molar-refractivity contribution < 1.29 is 9.47 Å². The van der Waals surface area contributed by atoms with E-state index < -0.39 is 0 Å². The minimum Gasteiger partial charge on any atom is -0.355 e. The van der Waals surface area contributed by atoms with Crippen molar-refractivity contribution in [3.05, 3.63) is 0 Å². The molecule has 2 nitrogen and oxygen atoms in total. The molecule has 0 aromatic carbocycles. The molecule has 0 aliphatic rings. The van der Waals surface area contributed by atoms with Gasteiger partial charge in [0.15, 0.2) is 0 Å². The Morgan fingerprint density at radius 1 is 0.655 bits per heavy atom. The van der Waals surface area contributed by atoms with Crippen molar-refractivity contribution in [2.45, 2.75) is 143 Å². The van der Waals surface area contributed by atoms with Crippen molar-refractivity contribution in [3.8, 4) is 0 Å². The monoisotopic (exact) mass is 430 g/mol. The van der Waals surface area contributed by atoms with Gasteiger partial charge in [0.2, 0.25) is 0 Å². The molecule has 0 saturated carbocycles. The van der Waals surface area contributed by atoms with Crippen LogP contribution in [0.1, 0.15) is 137 Å². The van der Waals surface area contributed by atoms with Crippen LogP contribution in [0, 0.1) is 5.41 Å². The van der Waals surface area contributed by atoms with Gasteiger partial charge >= 0.3 is 0 Å². The van der Waals surface area contributed by atoms with Gasteiger partial charge in [0, 0.05) is 0 Å². The number of rotatable bonds is 22. The lowest BCUT2D eigenvalue weighted by Gasteiger charge is -2.21. The van der Waals surface area contributed by atoms with Crippen LogP contribution in [0.25, 0.3) is 0 Å². The van der Waals surface area contributed by atoms with Crippen LogP contribution in [0.3, 0.4) is 0 Å². The van der Waals surface area contributed by atoms with Gasteiger partial charge in [-0.25, -0.2) is 0 Å².